The van der Waals surface area contributed by atoms with Crippen LogP contribution in [0.15, 0.2) is 48.5 Å². The number of nitrogens with one attached hydrogen (secondary N) is 2. The molecule has 0 aliphatic carbocycles. The van der Waals surface area contributed by atoms with Gasteiger partial charge >= 0.3 is 11.9 Å². The van der Waals surface area contributed by atoms with E-state index in [9.17, 15) is 9.59 Å². The molecule has 0 atom stereocenters. The molecule has 33 heavy (non-hydrogen) atoms. The van der Waals surface area contributed by atoms with E-state index in [1.54, 1.807) is 48.5 Å². The highest BCUT2D eigenvalue weighted by molar-refractivity contribution is 5.90. The Labute approximate surface area is 192 Å². The lowest BCUT2D eigenvalue weighted by Gasteiger charge is -2.20. The Bertz CT molecular complexity index is 1020. The fraction of sp³-hybridized carbons (Fsp3) is 0.261. The molecule has 0 unspecified atom stereocenters. The number of benzene rings is 2. The normalized spacial score (nSPS) is 10.3. The standard InChI is InChI=1S/C23H26N6O4/c1-5-29(6-2)23-27-21(24-17-11-7-15(8-12-17)19(30)32-3)26-22(28-23)25-18-13-9-16(10-14-18)20(31)33-4/h7-14H,5-6H2,1-4H3,(H2,24,25,26,27,28). The number of aromatic nitrogens is 3. The first-order valence-corrected chi connectivity index (χ1v) is 10.4. The van der Waals surface area contributed by atoms with Crippen LogP contribution in [0.25, 0.3) is 0 Å². The van der Waals surface area contributed by atoms with Crippen molar-refractivity contribution in [3.05, 3.63) is 59.7 Å². The number of nitrogens with zero attached hydrogens (tertiary/aromatic N) is 4. The van der Waals surface area contributed by atoms with Gasteiger partial charge in [-0.1, -0.05) is 0 Å². The first-order chi connectivity index (χ1) is 16.0. The van der Waals surface area contributed by atoms with Gasteiger partial charge in [0.15, 0.2) is 0 Å². The molecule has 0 saturated heterocycles. The molecule has 0 fully saturated rings. The molecule has 0 bridgehead atoms. The van der Waals surface area contributed by atoms with Gasteiger partial charge in [0.2, 0.25) is 17.8 Å². The average Bonchev–Trinajstić information content (AvgIpc) is 2.84. The van der Waals surface area contributed by atoms with E-state index in [2.05, 4.69) is 25.6 Å². The maximum Gasteiger partial charge on any atom is 0.337 e. The third-order valence-electron chi connectivity index (χ3n) is 4.79. The van der Waals surface area contributed by atoms with Gasteiger partial charge in [0.05, 0.1) is 25.3 Å². The largest absolute Gasteiger partial charge is 0.465 e. The van der Waals surface area contributed by atoms with Crippen LogP contribution in [0, 0.1) is 0 Å². The van der Waals surface area contributed by atoms with Gasteiger partial charge in [-0.15, -0.1) is 0 Å². The highest BCUT2D eigenvalue weighted by atomic mass is 16.5. The zero-order chi connectivity index (χ0) is 23.8. The molecule has 0 saturated carbocycles. The molecule has 10 heteroatoms. The molecule has 2 aromatic carbocycles. The van der Waals surface area contributed by atoms with Gasteiger partial charge in [-0.3, -0.25) is 0 Å². The first-order valence-electron chi connectivity index (χ1n) is 10.4. The summed E-state index contributed by atoms with van der Waals surface area (Å²) < 4.78 is 9.46. The summed E-state index contributed by atoms with van der Waals surface area (Å²) >= 11 is 0. The predicted octanol–water partition coefficient (Wildman–Crippen LogP) is 3.78. The molecule has 0 aliphatic heterocycles. The van der Waals surface area contributed by atoms with Crippen LogP contribution in [0.5, 0.6) is 0 Å². The molecule has 0 aliphatic rings. The van der Waals surface area contributed by atoms with Gasteiger partial charge in [-0.05, 0) is 62.4 Å². The van der Waals surface area contributed by atoms with Gasteiger partial charge in [-0.25, -0.2) is 9.59 Å². The monoisotopic (exact) mass is 450 g/mol. The van der Waals surface area contributed by atoms with Gasteiger partial charge in [0.1, 0.15) is 0 Å². The first kappa shape index (κ1) is 23.5. The lowest BCUT2D eigenvalue weighted by Crippen LogP contribution is -2.25. The lowest BCUT2D eigenvalue weighted by atomic mass is 10.2. The molecule has 0 amide bonds. The van der Waals surface area contributed by atoms with Gasteiger partial charge in [0.25, 0.3) is 0 Å². The second-order valence-electron chi connectivity index (χ2n) is 6.84. The van der Waals surface area contributed by atoms with Crippen molar-refractivity contribution >= 4 is 41.2 Å². The van der Waals surface area contributed by atoms with E-state index in [4.69, 9.17) is 9.47 Å². The summed E-state index contributed by atoms with van der Waals surface area (Å²) in [6.07, 6.45) is 0. The molecule has 1 aromatic heterocycles. The van der Waals surface area contributed by atoms with E-state index in [-0.39, 0.29) is 0 Å². The summed E-state index contributed by atoms with van der Waals surface area (Å²) in [6.45, 7) is 5.48. The molecule has 3 aromatic rings. The summed E-state index contributed by atoms with van der Waals surface area (Å²) in [4.78, 5) is 38.8. The van der Waals surface area contributed by atoms with Crippen LogP contribution in [0.2, 0.25) is 0 Å². The Balaban J connectivity index is 1.87. The highest BCUT2D eigenvalue weighted by Gasteiger charge is 2.13. The maximum atomic E-state index is 11.6. The van der Waals surface area contributed by atoms with Gasteiger partial charge in [-0.2, -0.15) is 15.0 Å². The second kappa shape index (κ2) is 10.9. The number of hydrogen-bond acceptors (Lipinski definition) is 10. The number of carbonyl (C=O) groups excluding carboxylic acids is 2. The number of carbonyl (C=O) groups is 2. The second-order valence-corrected chi connectivity index (χ2v) is 6.84. The van der Waals surface area contributed by atoms with Crippen LogP contribution in [0.1, 0.15) is 34.6 Å². The predicted molar refractivity (Wildman–Crippen MR) is 126 cm³/mol. The van der Waals surface area contributed by atoms with Crippen molar-refractivity contribution in [2.75, 3.05) is 42.8 Å². The smallest absolute Gasteiger partial charge is 0.337 e. The molecule has 10 nitrogen and oxygen atoms in total. The van der Waals surface area contributed by atoms with E-state index in [1.807, 2.05) is 18.7 Å². The lowest BCUT2D eigenvalue weighted by molar-refractivity contribution is 0.0592. The van der Waals surface area contributed by atoms with Crippen molar-refractivity contribution in [3.8, 4) is 0 Å². The Kier molecular flexibility index (Phi) is 7.74. The van der Waals surface area contributed by atoms with Crippen molar-refractivity contribution in [1.82, 2.24) is 15.0 Å². The van der Waals surface area contributed by atoms with Crippen molar-refractivity contribution in [1.29, 1.82) is 0 Å². The molecular formula is C23H26N6O4. The van der Waals surface area contributed by atoms with Gasteiger partial charge in [0, 0.05) is 24.5 Å². The quantitative estimate of drug-likeness (QED) is 0.466. The maximum absolute atomic E-state index is 11.6. The minimum absolute atomic E-state index is 0.339. The number of anilines is 5. The zero-order valence-corrected chi connectivity index (χ0v) is 19.0. The number of ether oxygens (including phenoxy) is 2. The van der Waals surface area contributed by atoms with E-state index >= 15 is 0 Å². The molecule has 172 valence electrons. The molecule has 0 radical (unpaired) electrons. The molecule has 2 N–H and O–H groups in total. The van der Waals surface area contributed by atoms with Crippen LogP contribution in [0.3, 0.4) is 0 Å². The summed E-state index contributed by atoms with van der Waals surface area (Å²) in [5.74, 6) is 0.376. The van der Waals surface area contributed by atoms with E-state index in [0.717, 1.165) is 13.1 Å². The molecule has 1 heterocycles. The van der Waals surface area contributed by atoms with Crippen LogP contribution in [-0.4, -0.2) is 54.2 Å². The number of esters is 2. The minimum Gasteiger partial charge on any atom is -0.465 e. The van der Waals surface area contributed by atoms with Crippen molar-refractivity contribution in [2.24, 2.45) is 0 Å². The Hall–Kier alpha value is -4.21. The summed E-state index contributed by atoms with van der Waals surface area (Å²) in [5, 5.41) is 6.29. The third kappa shape index (κ3) is 5.94. The summed E-state index contributed by atoms with van der Waals surface area (Å²) in [6, 6.07) is 13.6. The highest BCUT2D eigenvalue weighted by Crippen LogP contribution is 2.21. The molecule has 0 spiro atoms. The Morgan fingerprint density at radius 1 is 0.727 bits per heavy atom. The number of rotatable bonds is 9. The van der Waals surface area contributed by atoms with Crippen LogP contribution < -0.4 is 15.5 Å². The Morgan fingerprint density at radius 3 is 1.45 bits per heavy atom. The van der Waals surface area contributed by atoms with E-state index in [0.29, 0.717) is 40.3 Å². The summed E-state index contributed by atoms with van der Waals surface area (Å²) in [7, 11) is 2.68. The Morgan fingerprint density at radius 2 is 1.12 bits per heavy atom. The zero-order valence-electron chi connectivity index (χ0n) is 19.0. The van der Waals surface area contributed by atoms with E-state index < -0.39 is 11.9 Å². The molecule has 3 rings (SSSR count). The molecular weight excluding hydrogens is 424 g/mol. The summed E-state index contributed by atoms with van der Waals surface area (Å²) in [5.41, 5.74) is 2.29. The fourth-order valence-electron chi connectivity index (χ4n) is 3.00. The van der Waals surface area contributed by atoms with E-state index in [1.165, 1.54) is 14.2 Å². The van der Waals surface area contributed by atoms with Crippen molar-refractivity contribution in [3.63, 3.8) is 0 Å². The van der Waals surface area contributed by atoms with Crippen molar-refractivity contribution < 1.29 is 19.1 Å². The van der Waals surface area contributed by atoms with Gasteiger partial charge < -0.3 is 25.0 Å². The fourth-order valence-corrected chi connectivity index (χ4v) is 3.00. The van der Waals surface area contributed by atoms with Crippen LogP contribution in [0.4, 0.5) is 29.2 Å². The van der Waals surface area contributed by atoms with Crippen LogP contribution >= 0.6 is 0 Å². The average molecular weight is 450 g/mol. The topological polar surface area (TPSA) is 119 Å². The third-order valence-corrected chi connectivity index (χ3v) is 4.79. The SMILES string of the molecule is CCN(CC)c1nc(Nc2ccc(C(=O)OC)cc2)nc(Nc2ccc(C(=O)OC)cc2)n1. The number of methoxy groups -OCH3 is 2. The van der Waals surface area contributed by atoms with Crippen LogP contribution in [-0.2, 0) is 9.47 Å². The number of hydrogen-bond donors (Lipinski definition) is 2. The minimum atomic E-state index is -0.407. The van der Waals surface area contributed by atoms with Crippen molar-refractivity contribution in [2.45, 2.75) is 13.8 Å².